The first-order chi connectivity index (χ1) is 18.0. The second-order valence-corrected chi connectivity index (χ2v) is 9.45. The molecule has 0 unspecified atom stereocenters. The van der Waals surface area contributed by atoms with Crippen molar-refractivity contribution in [1.29, 1.82) is 0 Å². The van der Waals surface area contributed by atoms with E-state index in [0.717, 1.165) is 29.5 Å². The molecule has 192 valence electrons. The number of amides is 2. The standard InChI is InChI=1S/C27H28ClN5O4/c1-36-23-5-3-2-4-18(23)13-29-24(34)16-33-15-19-7-6-17(12-21(19)26(33)35)25-22(28)14-30-27(32-25)31-20-8-10-37-11-9-20/h2-7,12,14,20H,8-11,13,15-16H2,1H3,(H,29,34)(H,30,31,32). The molecule has 2 aliphatic rings. The molecule has 0 bridgehead atoms. The predicted molar refractivity (Wildman–Crippen MR) is 140 cm³/mol. The third-order valence-electron chi connectivity index (χ3n) is 6.56. The number of benzene rings is 2. The van der Waals surface area contributed by atoms with Crippen LogP contribution in [0, 0.1) is 0 Å². The molecule has 3 heterocycles. The van der Waals surface area contributed by atoms with E-state index in [9.17, 15) is 9.59 Å². The molecule has 2 amide bonds. The van der Waals surface area contributed by atoms with Gasteiger partial charge in [0.1, 0.15) is 12.3 Å². The molecule has 2 aliphatic heterocycles. The number of ether oxygens (including phenoxy) is 2. The Labute approximate surface area is 220 Å². The van der Waals surface area contributed by atoms with Gasteiger partial charge >= 0.3 is 0 Å². The number of hydrogen-bond acceptors (Lipinski definition) is 7. The van der Waals surface area contributed by atoms with Crippen LogP contribution in [0.5, 0.6) is 5.75 Å². The summed E-state index contributed by atoms with van der Waals surface area (Å²) in [5.41, 5.74) is 3.54. The number of nitrogens with zero attached hydrogens (tertiary/aromatic N) is 3. The molecule has 2 N–H and O–H groups in total. The molecule has 3 aromatic rings. The van der Waals surface area contributed by atoms with Gasteiger partial charge in [-0.2, -0.15) is 0 Å². The van der Waals surface area contributed by atoms with Gasteiger partial charge in [0.15, 0.2) is 0 Å². The molecule has 1 aromatic heterocycles. The van der Waals surface area contributed by atoms with Crippen molar-refractivity contribution in [3.05, 3.63) is 70.4 Å². The number of para-hydroxylation sites is 1. The van der Waals surface area contributed by atoms with E-state index in [1.54, 1.807) is 19.4 Å². The Morgan fingerprint density at radius 1 is 1.22 bits per heavy atom. The van der Waals surface area contributed by atoms with E-state index in [1.807, 2.05) is 36.4 Å². The number of carbonyl (C=O) groups excluding carboxylic acids is 2. The van der Waals surface area contributed by atoms with E-state index in [4.69, 9.17) is 21.1 Å². The molecule has 0 spiro atoms. The zero-order valence-corrected chi connectivity index (χ0v) is 21.3. The lowest BCUT2D eigenvalue weighted by Crippen LogP contribution is -2.37. The Morgan fingerprint density at radius 3 is 2.84 bits per heavy atom. The highest BCUT2D eigenvalue weighted by Crippen LogP contribution is 2.31. The van der Waals surface area contributed by atoms with Crippen LogP contribution in [0.15, 0.2) is 48.7 Å². The lowest BCUT2D eigenvalue weighted by molar-refractivity contribution is -0.122. The SMILES string of the molecule is COc1ccccc1CNC(=O)CN1Cc2ccc(-c3nc(NC4CCOCC4)ncc3Cl)cc2C1=O. The van der Waals surface area contributed by atoms with Gasteiger partial charge in [-0.15, -0.1) is 0 Å². The summed E-state index contributed by atoms with van der Waals surface area (Å²) in [5.74, 6) is 0.755. The molecule has 0 saturated carbocycles. The minimum Gasteiger partial charge on any atom is -0.496 e. The van der Waals surface area contributed by atoms with Gasteiger partial charge in [0.2, 0.25) is 11.9 Å². The van der Waals surface area contributed by atoms with Gasteiger partial charge in [-0.05, 0) is 30.5 Å². The molecule has 0 aliphatic carbocycles. The van der Waals surface area contributed by atoms with Crippen LogP contribution in [0.4, 0.5) is 5.95 Å². The topological polar surface area (TPSA) is 106 Å². The van der Waals surface area contributed by atoms with Crippen molar-refractivity contribution in [3.8, 4) is 17.0 Å². The van der Waals surface area contributed by atoms with E-state index in [2.05, 4.69) is 20.6 Å². The monoisotopic (exact) mass is 521 g/mol. The highest BCUT2D eigenvalue weighted by Gasteiger charge is 2.29. The average Bonchev–Trinajstić information content (AvgIpc) is 3.23. The average molecular weight is 522 g/mol. The summed E-state index contributed by atoms with van der Waals surface area (Å²) in [7, 11) is 1.59. The quantitative estimate of drug-likeness (QED) is 0.466. The van der Waals surface area contributed by atoms with Crippen LogP contribution >= 0.6 is 11.6 Å². The zero-order valence-electron chi connectivity index (χ0n) is 20.5. The number of rotatable bonds is 8. The number of aromatic nitrogens is 2. The highest BCUT2D eigenvalue weighted by molar-refractivity contribution is 6.33. The summed E-state index contributed by atoms with van der Waals surface area (Å²) in [6, 6.07) is 13.3. The van der Waals surface area contributed by atoms with Crippen molar-refractivity contribution in [2.24, 2.45) is 0 Å². The lowest BCUT2D eigenvalue weighted by atomic mass is 10.0. The normalized spacial score (nSPS) is 15.4. The van der Waals surface area contributed by atoms with Crippen LogP contribution in [0.2, 0.25) is 5.02 Å². The van der Waals surface area contributed by atoms with E-state index < -0.39 is 0 Å². The Bertz CT molecular complexity index is 1310. The van der Waals surface area contributed by atoms with Crippen LogP contribution in [-0.4, -0.2) is 59.6 Å². The number of methoxy groups -OCH3 is 1. The first-order valence-electron chi connectivity index (χ1n) is 12.2. The van der Waals surface area contributed by atoms with Gasteiger partial charge in [-0.25, -0.2) is 9.97 Å². The maximum Gasteiger partial charge on any atom is 0.254 e. The van der Waals surface area contributed by atoms with Crippen molar-refractivity contribution >= 4 is 29.4 Å². The first-order valence-corrected chi connectivity index (χ1v) is 12.6. The summed E-state index contributed by atoms with van der Waals surface area (Å²) in [4.78, 5) is 36.2. The summed E-state index contributed by atoms with van der Waals surface area (Å²) in [6.07, 6.45) is 3.34. The third-order valence-corrected chi connectivity index (χ3v) is 6.84. The molecule has 2 aromatic carbocycles. The van der Waals surface area contributed by atoms with E-state index in [1.165, 1.54) is 4.90 Å². The Morgan fingerprint density at radius 2 is 2.03 bits per heavy atom. The van der Waals surface area contributed by atoms with Gasteiger partial charge in [-0.1, -0.05) is 41.9 Å². The molecule has 1 fully saturated rings. The molecular weight excluding hydrogens is 494 g/mol. The van der Waals surface area contributed by atoms with Crippen LogP contribution in [0.3, 0.4) is 0 Å². The lowest BCUT2D eigenvalue weighted by Gasteiger charge is -2.23. The molecule has 9 nitrogen and oxygen atoms in total. The second-order valence-electron chi connectivity index (χ2n) is 9.04. The van der Waals surface area contributed by atoms with Crippen LogP contribution < -0.4 is 15.4 Å². The van der Waals surface area contributed by atoms with E-state index in [-0.39, 0.29) is 24.4 Å². The van der Waals surface area contributed by atoms with Crippen molar-refractivity contribution in [2.45, 2.75) is 32.0 Å². The Hall–Kier alpha value is -3.69. The summed E-state index contributed by atoms with van der Waals surface area (Å²) in [6.45, 7) is 2.06. The summed E-state index contributed by atoms with van der Waals surface area (Å²) >= 11 is 6.44. The molecule has 5 rings (SSSR count). The Balaban J connectivity index is 1.25. The van der Waals surface area contributed by atoms with Crippen LogP contribution in [0.25, 0.3) is 11.3 Å². The fraction of sp³-hybridized carbons (Fsp3) is 0.333. The number of nitrogens with one attached hydrogen (secondary N) is 2. The highest BCUT2D eigenvalue weighted by atomic mass is 35.5. The van der Waals surface area contributed by atoms with Gasteiger partial charge in [0.05, 0.1) is 24.0 Å². The molecular formula is C27H28ClN5O4. The molecule has 0 radical (unpaired) electrons. The smallest absolute Gasteiger partial charge is 0.254 e. The fourth-order valence-electron chi connectivity index (χ4n) is 4.57. The van der Waals surface area contributed by atoms with Crippen molar-refractivity contribution in [1.82, 2.24) is 20.2 Å². The molecule has 10 heteroatoms. The van der Waals surface area contributed by atoms with Crippen LogP contribution in [0.1, 0.15) is 34.3 Å². The van der Waals surface area contributed by atoms with Crippen molar-refractivity contribution in [3.63, 3.8) is 0 Å². The number of halogens is 1. The maximum atomic E-state index is 13.1. The maximum absolute atomic E-state index is 13.1. The minimum absolute atomic E-state index is 0.0363. The predicted octanol–water partition coefficient (Wildman–Crippen LogP) is 3.67. The molecule has 37 heavy (non-hydrogen) atoms. The number of hydrogen-bond donors (Lipinski definition) is 2. The van der Waals surface area contributed by atoms with Gasteiger partial charge in [-0.3, -0.25) is 9.59 Å². The van der Waals surface area contributed by atoms with E-state index in [0.29, 0.717) is 54.3 Å². The van der Waals surface area contributed by atoms with Crippen LogP contribution in [-0.2, 0) is 22.6 Å². The molecule has 0 atom stereocenters. The first kappa shape index (κ1) is 25.0. The second kappa shape index (κ2) is 11.1. The van der Waals surface area contributed by atoms with Crippen molar-refractivity contribution < 1.29 is 19.1 Å². The minimum atomic E-state index is -0.241. The van der Waals surface area contributed by atoms with E-state index >= 15 is 0 Å². The van der Waals surface area contributed by atoms with Gasteiger partial charge < -0.3 is 25.0 Å². The fourth-order valence-corrected chi connectivity index (χ4v) is 4.77. The third kappa shape index (κ3) is 5.68. The van der Waals surface area contributed by atoms with Gasteiger partial charge in [0.25, 0.3) is 5.91 Å². The summed E-state index contributed by atoms with van der Waals surface area (Å²) < 4.78 is 10.7. The zero-order chi connectivity index (χ0) is 25.8. The number of carbonyl (C=O) groups is 2. The Kier molecular flexibility index (Phi) is 7.52. The van der Waals surface area contributed by atoms with Crippen molar-refractivity contribution in [2.75, 3.05) is 32.2 Å². The summed E-state index contributed by atoms with van der Waals surface area (Å²) in [5, 5.41) is 6.62. The van der Waals surface area contributed by atoms with Gasteiger partial charge in [0, 0.05) is 49.0 Å². The number of fused-ring (bicyclic) bond motifs is 1. The largest absolute Gasteiger partial charge is 0.496 e. The molecule has 1 saturated heterocycles. The number of anilines is 1.